The van der Waals surface area contributed by atoms with Gasteiger partial charge in [-0.1, -0.05) is 0 Å². The lowest BCUT2D eigenvalue weighted by Gasteiger charge is -2.03. The van der Waals surface area contributed by atoms with Crippen LogP contribution in [0.5, 0.6) is 5.75 Å². The second-order valence-electron chi connectivity index (χ2n) is 3.33. The van der Waals surface area contributed by atoms with Crippen LogP contribution < -0.4 is 4.65 Å². The van der Waals surface area contributed by atoms with Crippen LogP contribution >= 0.6 is 0 Å². The molecular formula is C9H11BN2O3. The minimum Gasteiger partial charge on any atom is -0.512 e. The summed E-state index contributed by atoms with van der Waals surface area (Å²) in [5.74, 6) is 0.411. The van der Waals surface area contributed by atoms with Crippen LogP contribution in [0, 0.1) is 6.92 Å². The Morgan fingerprint density at radius 2 is 2.13 bits per heavy atom. The fourth-order valence-electron chi connectivity index (χ4n) is 1.50. The molecule has 0 spiro atoms. The van der Waals surface area contributed by atoms with Crippen molar-refractivity contribution in [1.29, 1.82) is 0 Å². The van der Waals surface area contributed by atoms with Gasteiger partial charge in [0, 0.05) is 18.1 Å². The van der Waals surface area contributed by atoms with Crippen molar-refractivity contribution in [2.24, 2.45) is 7.05 Å². The Hall–Kier alpha value is -1.53. The van der Waals surface area contributed by atoms with Gasteiger partial charge in [0.25, 0.3) is 0 Å². The van der Waals surface area contributed by atoms with Gasteiger partial charge in [0.2, 0.25) is 0 Å². The molecule has 0 saturated heterocycles. The first-order valence-corrected chi connectivity index (χ1v) is 4.54. The number of benzene rings is 1. The van der Waals surface area contributed by atoms with Crippen LogP contribution in [0.2, 0.25) is 0 Å². The molecule has 1 heterocycles. The summed E-state index contributed by atoms with van der Waals surface area (Å²) < 4.78 is 6.53. The van der Waals surface area contributed by atoms with Crippen molar-refractivity contribution in [3.63, 3.8) is 0 Å². The third kappa shape index (κ3) is 1.81. The molecule has 2 N–H and O–H groups in total. The van der Waals surface area contributed by atoms with Crippen LogP contribution in [-0.2, 0) is 7.05 Å². The number of fused-ring (bicyclic) bond motifs is 1. The number of hydrogen-bond donors (Lipinski definition) is 2. The molecule has 6 heteroatoms. The van der Waals surface area contributed by atoms with E-state index in [2.05, 4.69) is 5.10 Å². The Labute approximate surface area is 87.1 Å². The summed E-state index contributed by atoms with van der Waals surface area (Å²) in [6.07, 6.45) is 0. The molecule has 1 aromatic heterocycles. The highest BCUT2D eigenvalue weighted by Gasteiger charge is 2.12. The van der Waals surface area contributed by atoms with E-state index in [1.807, 2.05) is 14.0 Å². The average molecular weight is 206 g/mol. The summed E-state index contributed by atoms with van der Waals surface area (Å²) in [6, 6.07) is 5.16. The summed E-state index contributed by atoms with van der Waals surface area (Å²) in [6.45, 7) is 1.94. The van der Waals surface area contributed by atoms with Gasteiger partial charge in [-0.25, -0.2) is 0 Å². The van der Waals surface area contributed by atoms with Gasteiger partial charge >= 0.3 is 7.32 Å². The van der Waals surface area contributed by atoms with Crippen LogP contribution in [0.25, 0.3) is 10.9 Å². The lowest BCUT2D eigenvalue weighted by Crippen LogP contribution is -2.20. The molecule has 15 heavy (non-hydrogen) atoms. The Balaban J connectivity index is 2.49. The maximum absolute atomic E-state index is 8.66. The highest BCUT2D eigenvalue weighted by atomic mass is 16.6. The zero-order valence-corrected chi connectivity index (χ0v) is 8.51. The topological polar surface area (TPSA) is 67.5 Å². The van der Waals surface area contributed by atoms with Crippen molar-refractivity contribution in [3.05, 3.63) is 23.9 Å². The molecule has 78 valence electrons. The van der Waals surface area contributed by atoms with E-state index < -0.39 is 7.32 Å². The first-order valence-electron chi connectivity index (χ1n) is 4.54. The predicted molar refractivity (Wildman–Crippen MR) is 56.3 cm³/mol. The van der Waals surface area contributed by atoms with Gasteiger partial charge in [0.05, 0.1) is 5.52 Å². The fourth-order valence-corrected chi connectivity index (χ4v) is 1.50. The lowest BCUT2D eigenvalue weighted by atomic mass is 10.2. The van der Waals surface area contributed by atoms with Crippen LogP contribution in [0.4, 0.5) is 0 Å². The normalized spacial score (nSPS) is 10.7. The van der Waals surface area contributed by atoms with E-state index in [1.54, 1.807) is 22.9 Å². The van der Waals surface area contributed by atoms with Crippen molar-refractivity contribution in [1.82, 2.24) is 9.78 Å². The van der Waals surface area contributed by atoms with E-state index in [4.69, 9.17) is 14.7 Å². The molecule has 0 radical (unpaired) electrons. The number of hydrogen-bond acceptors (Lipinski definition) is 4. The quantitative estimate of drug-likeness (QED) is 0.690. The smallest absolute Gasteiger partial charge is 0.512 e. The predicted octanol–water partition coefficient (Wildman–Crippen LogP) is 0.230. The minimum atomic E-state index is -1.79. The Morgan fingerprint density at radius 3 is 2.80 bits per heavy atom. The van der Waals surface area contributed by atoms with Gasteiger partial charge in [-0.05, 0) is 25.1 Å². The maximum Gasteiger partial charge on any atom is 0.707 e. The van der Waals surface area contributed by atoms with Gasteiger partial charge in [-0.3, -0.25) is 4.68 Å². The lowest BCUT2D eigenvalue weighted by molar-refractivity contribution is 0.288. The van der Waals surface area contributed by atoms with Crippen molar-refractivity contribution >= 4 is 18.2 Å². The maximum atomic E-state index is 8.66. The average Bonchev–Trinajstić information content (AvgIpc) is 2.43. The molecule has 0 bridgehead atoms. The molecule has 0 saturated carbocycles. The molecular weight excluding hydrogens is 195 g/mol. The van der Waals surface area contributed by atoms with Gasteiger partial charge in [-0.15, -0.1) is 0 Å². The second kappa shape index (κ2) is 3.56. The van der Waals surface area contributed by atoms with Crippen LogP contribution in [0.3, 0.4) is 0 Å². The standard InChI is InChI=1S/C9H11BN2O3/c1-6-8-5-7(15-10(13)14)3-4-9(8)11-12(6)2/h3-5,13-14H,1-2H3. The molecule has 2 aromatic rings. The summed E-state index contributed by atoms with van der Waals surface area (Å²) in [7, 11) is 0.0657. The van der Waals surface area contributed by atoms with Crippen LogP contribution in [-0.4, -0.2) is 27.1 Å². The summed E-state index contributed by atoms with van der Waals surface area (Å²) >= 11 is 0. The zero-order valence-electron chi connectivity index (χ0n) is 8.51. The molecule has 0 unspecified atom stereocenters. The molecule has 0 aliphatic carbocycles. The number of nitrogens with zero attached hydrogens (tertiary/aromatic N) is 2. The van der Waals surface area contributed by atoms with Crippen LogP contribution in [0.15, 0.2) is 18.2 Å². The molecule has 1 aromatic carbocycles. The molecule has 0 fully saturated rings. The van der Waals surface area contributed by atoms with Gasteiger partial charge < -0.3 is 14.7 Å². The van der Waals surface area contributed by atoms with E-state index in [-0.39, 0.29) is 0 Å². The molecule has 0 aliphatic rings. The summed E-state index contributed by atoms with van der Waals surface area (Å²) in [5.41, 5.74) is 1.86. The van der Waals surface area contributed by atoms with Gasteiger partial charge in [0.15, 0.2) is 0 Å². The van der Waals surface area contributed by atoms with Gasteiger partial charge in [-0.2, -0.15) is 5.10 Å². The number of rotatable bonds is 2. The fraction of sp³-hybridized carbons (Fsp3) is 0.222. The molecule has 5 nitrogen and oxygen atoms in total. The zero-order chi connectivity index (χ0) is 11.0. The highest BCUT2D eigenvalue weighted by molar-refractivity contribution is 6.33. The van der Waals surface area contributed by atoms with E-state index in [0.29, 0.717) is 5.75 Å². The first-order chi connectivity index (χ1) is 7.08. The monoisotopic (exact) mass is 206 g/mol. The van der Waals surface area contributed by atoms with E-state index in [0.717, 1.165) is 16.6 Å². The largest absolute Gasteiger partial charge is 0.707 e. The van der Waals surface area contributed by atoms with Gasteiger partial charge in [0.1, 0.15) is 5.75 Å². The Morgan fingerprint density at radius 1 is 1.40 bits per heavy atom. The minimum absolute atomic E-state index is 0.411. The Bertz CT molecular complexity index is 495. The van der Waals surface area contributed by atoms with E-state index in [1.165, 1.54) is 0 Å². The molecule has 0 atom stereocenters. The van der Waals surface area contributed by atoms with Crippen molar-refractivity contribution < 1.29 is 14.7 Å². The van der Waals surface area contributed by atoms with Crippen molar-refractivity contribution in [2.45, 2.75) is 6.92 Å². The molecule has 2 rings (SSSR count). The molecule has 0 amide bonds. The number of aryl methyl sites for hydroxylation is 2. The number of aromatic nitrogens is 2. The van der Waals surface area contributed by atoms with Crippen molar-refractivity contribution in [3.8, 4) is 5.75 Å². The SMILES string of the molecule is Cc1c2cc(OB(O)O)ccc2nn1C. The molecule has 0 aliphatic heterocycles. The Kier molecular flexibility index (Phi) is 2.38. The first kappa shape index (κ1) is 10.0. The second-order valence-corrected chi connectivity index (χ2v) is 3.33. The highest BCUT2D eigenvalue weighted by Crippen LogP contribution is 2.22. The van der Waals surface area contributed by atoms with Crippen molar-refractivity contribution in [2.75, 3.05) is 0 Å². The third-order valence-corrected chi connectivity index (χ3v) is 2.34. The summed E-state index contributed by atoms with van der Waals surface area (Å²) in [4.78, 5) is 0. The summed E-state index contributed by atoms with van der Waals surface area (Å²) in [5, 5.41) is 22.5. The van der Waals surface area contributed by atoms with Crippen LogP contribution in [0.1, 0.15) is 5.69 Å². The van der Waals surface area contributed by atoms with E-state index in [9.17, 15) is 0 Å². The van der Waals surface area contributed by atoms with E-state index >= 15 is 0 Å². The third-order valence-electron chi connectivity index (χ3n) is 2.34.